The summed E-state index contributed by atoms with van der Waals surface area (Å²) in [4.78, 5) is 0. The standard InChI is InChI=1S/C20H24ClNO3/c1-23-20-11-15(12-22-13-18-6-3-9-24-18)7-8-19(20)25-14-16-4-2-5-17(21)10-16/h2,4-5,7-8,10-11,18,22H,3,6,9,12-14H2,1H3. The van der Waals surface area contributed by atoms with Gasteiger partial charge in [-0.05, 0) is 48.2 Å². The Hall–Kier alpha value is -1.75. The van der Waals surface area contributed by atoms with Gasteiger partial charge >= 0.3 is 0 Å². The van der Waals surface area contributed by atoms with Crippen molar-refractivity contribution in [3.63, 3.8) is 0 Å². The maximum absolute atomic E-state index is 6.01. The van der Waals surface area contributed by atoms with Crippen LogP contribution >= 0.6 is 11.6 Å². The molecule has 0 radical (unpaired) electrons. The molecule has 134 valence electrons. The van der Waals surface area contributed by atoms with E-state index in [1.165, 1.54) is 6.42 Å². The van der Waals surface area contributed by atoms with Crippen molar-refractivity contribution in [2.75, 3.05) is 20.3 Å². The van der Waals surface area contributed by atoms with Crippen LogP contribution in [0, 0.1) is 0 Å². The highest BCUT2D eigenvalue weighted by Crippen LogP contribution is 2.29. The molecule has 4 nitrogen and oxygen atoms in total. The van der Waals surface area contributed by atoms with Gasteiger partial charge < -0.3 is 19.5 Å². The fraction of sp³-hybridized carbons (Fsp3) is 0.400. The van der Waals surface area contributed by atoms with Crippen LogP contribution in [0.3, 0.4) is 0 Å². The summed E-state index contributed by atoms with van der Waals surface area (Å²) in [6.07, 6.45) is 2.66. The zero-order valence-corrected chi connectivity index (χ0v) is 15.2. The lowest BCUT2D eigenvalue weighted by Gasteiger charge is -2.14. The molecule has 0 aromatic heterocycles. The molecule has 0 saturated carbocycles. The van der Waals surface area contributed by atoms with Crippen LogP contribution in [0.5, 0.6) is 11.5 Å². The van der Waals surface area contributed by atoms with Crippen LogP contribution in [0.1, 0.15) is 24.0 Å². The normalized spacial score (nSPS) is 16.8. The van der Waals surface area contributed by atoms with Crippen molar-refractivity contribution in [1.29, 1.82) is 0 Å². The minimum absolute atomic E-state index is 0.349. The van der Waals surface area contributed by atoms with Crippen LogP contribution in [0.15, 0.2) is 42.5 Å². The van der Waals surface area contributed by atoms with Crippen molar-refractivity contribution in [3.8, 4) is 11.5 Å². The molecule has 3 rings (SSSR count). The minimum Gasteiger partial charge on any atom is -0.493 e. The van der Waals surface area contributed by atoms with E-state index in [1.807, 2.05) is 36.4 Å². The molecule has 1 saturated heterocycles. The molecule has 1 aliphatic heterocycles. The quantitative estimate of drug-likeness (QED) is 0.765. The van der Waals surface area contributed by atoms with E-state index in [-0.39, 0.29) is 0 Å². The Bertz CT molecular complexity index is 686. The second-order valence-corrected chi connectivity index (χ2v) is 6.61. The predicted octanol–water partition coefficient (Wildman–Crippen LogP) is 4.20. The topological polar surface area (TPSA) is 39.7 Å². The SMILES string of the molecule is COc1cc(CNCC2CCCO2)ccc1OCc1cccc(Cl)c1. The Morgan fingerprint density at radius 2 is 2.08 bits per heavy atom. The van der Waals surface area contributed by atoms with Gasteiger partial charge in [0.15, 0.2) is 11.5 Å². The lowest BCUT2D eigenvalue weighted by molar-refractivity contribution is 0.110. The molecule has 1 aliphatic rings. The number of rotatable bonds is 8. The number of ether oxygens (including phenoxy) is 3. The lowest BCUT2D eigenvalue weighted by Crippen LogP contribution is -2.25. The molecule has 1 heterocycles. The molecule has 0 bridgehead atoms. The summed E-state index contributed by atoms with van der Waals surface area (Å²) in [6, 6.07) is 13.7. The van der Waals surface area contributed by atoms with Crippen molar-refractivity contribution in [1.82, 2.24) is 5.32 Å². The molecule has 1 fully saturated rings. The average Bonchev–Trinajstić information content (AvgIpc) is 3.14. The number of methoxy groups -OCH3 is 1. The van der Waals surface area contributed by atoms with Gasteiger partial charge in [0.2, 0.25) is 0 Å². The van der Waals surface area contributed by atoms with Crippen LogP contribution in [-0.4, -0.2) is 26.4 Å². The summed E-state index contributed by atoms with van der Waals surface area (Å²) in [5.74, 6) is 1.46. The van der Waals surface area contributed by atoms with E-state index >= 15 is 0 Å². The van der Waals surface area contributed by atoms with Crippen LogP contribution in [0.2, 0.25) is 5.02 Å². The minimum atomic E-state index is 0.349. The number of hydrogen-bond acceptors (Lipinski definition) is 4. The van der Waals surface area contributed by atoms with Gasteiger partial charge in [0.05, 0.1) is 13.2 Å². The molecule has 0 amide bonds. The smallest absolute Gasteiger partial charge is 0.161 e. The number of nitrogens with one attached hydrogen (secondary N) is 1. The van der Waals surface area contributed by atoms with Gasteiger partial charge in [-0.15, -0.1) is 0 Å². The van der Waals surface area contributed by atoms with Crippen molar-refractivity contribution in [2.45, 2.75) is 32.1 Å². The van der Waals surface area contributed by atoms with Crippen molar-refractivity contribution >= 4 is 11.6 Å². The number of halogens is 1. The van der Waals surface area contributed by atoms with Gasteiger partial charge in [-0.1, -0.05) is 29.8 Å². The molecule has 0 aliphatic carbocycles. The van der Waals surface area contributed by atoms with E-state index in [1.54, 1.807) is 7.11 Å². The van der Waals surface area contributed by atoms with E-state index in [0.717, 1.165) is 48.7 Å². The number of benzene rings is 2. The zero-order valence-electron chi connectivity index (χ0n) is 14.5. The van der Waals surface area contributed by atoms with Crippen molar-refractivity contribution in [3.05, 3.63) is 58.6 Å². The molecule has 2 aromatic carbocycles. The predicted molar refractivity (Wildman–Crippen MR) is 99.5 cm³/mol. The van der Waals surface area contributed by atoms with E-state index in [0.29, 0.717) is 17.7 Å². The van der Waals surface area contributed by atoms with Crippen molar-refractivity contribution < 1.29 is 14.2 Å². The summed E-state index contributed by atoms with van der Waals surface area (Å²) >= 11 is 6.01. The van der Waals surface area contributed by atoms with Gasteiger partial charge in [0.25, 0.3) is 0 Å². The molecule has 5 heteroatoms. The maximum atomic E-state index is 6.01. The Balaban J connectivity index is 1.55. The number of hydrogen-bond donors (Lipinski definition) is 1. The second kappa shape index (κ2) is 9.09. The first kappa shape index (κ1) is 18.1. The Kier molecular flexibility index (Phi) is 6.56. The first-order valence-electron chi connectivity index (χ1n) is 8.61. The molecule has 25 heavy (non-hydrogen) atoms. The summed E-state index contributed by atoms with van der Waals surface area (Å²) in [5, 5.41) is 4.15. The van der Waals surface area contributed by atoms with E-state index in [9.17, 15) is 0 Å². The summed E-state index contributed by atoms with van der Waals surface area (Å²) in [5.41, 5.74) is 2.18. The first-order valence-corrected chi connectivity index (χ1v) is 8.99. The molecule has 1 unspecified atom stereocenters. The summed E-state index contributed by atoms with van der Waals surface area (Å²) in [6.45, 7) is 3.01. The van der Waals surface area contributed by atoms with E-state index in [2.05, 4.69) is 11.4 Å². The zero-order chi connectivity index (χ0) is 17.5. The lowest BCUT2D eigenvalue weighted by atomic mass is 10.2. The van der Waals surface area contributed by atoms with Gasteiger partial charge in [0, 0.05) is 24.7 Å². The average molecular weight is 362 g/mol. The monoisotopic (exact) mass is 361 g/mol. The summed E-state index contributed by atoms with van der Waals surface area (Å²) < 4.78 is 17.0. The molecule has 2 aromatic rings. The first-order chi connectivity index (χ1) is 12.2. The Morgan fingerprint density at radius 3 is 2.84 bits per heavy atom. The van der Waals surface area contributed by atoms with E-state index < -0.39 is 0 Å². The largest absolute Gasteiger partial charge is 0.493 e. The fourth-order valence-corrected chi connectivity index (χ4v) is 3.12. The molecular formula is C20H24ClNO3. The van der Waals surface area contributed by atoms with Crippen molar-refractivity contribution in [2.24, 2.45) is 0 Å². The highest BCUT2D eigenvalue weighted by atomic mass is 35.5. The van der Waals surface area contributed by atoms with Gasteiger partial charge in [0.1, 0.15) is 6.61 Å². The third-order valence-corrected chi connectivity index (χ3v) is 4.47. The molecule has 1 atom stereocenters. The molecule has 1 N–H and O–H groups in total. The fourth-order valence-electron chi connectivity index (χ4n) is 2.91. The van der Waals surface area contributed by atoms with Gasteiger partial charge in [-0.2, -0.15) is 0 Å². The van der Waals surface area contributed by atoms with E-state index in [4.69, 9.17) is 25.8 Å². The van der Waals surface area contributed by atoms with Crippen LogP contribution in [-0.2, 0) is 17.9 Å². The third kappa shape index (κ3) is 5.36. The highest BCUT2D eigenvalue weighted by molar-refractivity contribution is 6.30. The van der Waals surface area contributed by atoms with Gasteiger partial charge in [-0.3, -0.25) is 0 Å². The molecule has 0 spiro atoms. The Morgan fingerprint density at radius 1 is 1.16 bits per heavy atom. The third-order valence-electron chi connectivity index (χ3n) is 4.24. The van der Waals surface area contributed by atoms with Gasteiger partial charge in [-0.25, -0.2) is 0 Å². The van der Waals surface area contributed by atoms with Crippen LogP contribution in [0.25, 0.3) is 0 Å². The maximum Gasteiger partial charge on any atom is 0.161 e. The highest BCUT2D eigenvalue weighted by Gasteiger charge is 2.14. The van der Waals surface area contributed by atoms with Crippen LogP contribution in [0.4, 0.5) is 0 Å². The second-order valence-electron chi connectivity index (χ2n) is 6.17. The molecular weight excluding hydrogens is 338 g/mol. The van der Waals surface area contributed by atoms with Crippen LogP contribution < -0.4 is 14.8 Å². The Labute approximate surface area is 154 Å². The summed E-state index contributed by atoms with van der Waals surface area (Å²) in [7, 11) is 1.66.